The maximum absolute atomic E-state index is 12.1. The fraction of sp³-hybridized carbons (Fsp3) is 0.400. The number of likely N-dealkylation sites (tertiary alicyclic amines) is 1. The smallest absolute Gasteiger partial charge is 0.246 e. The Kier molecular flexibility index (Phi) is 3.60. The summed E-state index contributed by atoms with van der Waals surface area (Å²) in [4.78, 5) is 14.0. The third-order valence-corrected chi connectivity index (χ3v) is 3.75. The molecular formula is C15H18N2O3. The molecule has 106 valence electrons. The van der Waals surface area contributed by atoms with Gasteiger partial charge in [0.15, 0.2) is 11.5 Å². The maximum Gasteiger partial charge on any atom is 0.246 e. The molecular weight excluding hydrogens is 256 g/mol. The molecule has 0 aliphatic carbocycles. The standard InChI is InChI=1S/C15H18N2O3/c16-9-12-2-1-7-17(12)15(18)6-4-11-3-5-13-14(8-11)20-10-19-13/h3-6,8,12H,1-2,7,9-10,16H2/b6-4+. The van der Waals surface area contributed by atoms with E-state index in [1.807, 2.05) is 23.1 Å². The second-order valence-electron chi connectivity index (χ2n) is 5.01. The van der Waals surface area contributed by atoms with Crippen LogP contribution in [0, 0.1) is 0 Å². The molecule has 1 fully saturated rings. The molecule has 3 rings (SSSR count). The lowest BCUT2D eigenvalue weighted by atomic mass is 10.2. The van der Waals surface area contributed by atoms with Crippen molar-refractivity contribution in [3.05, 3.63) is 29.8 Å². The number of carbonyl (C=O) groups excluding carboxylic acids is 1. The average molecular weight is 274 g/mol. The lowest BCUT2D eigenvalue weighted by Gasteiger charge is -2.21. The quantitative estimate of drug-likeness (QED) is 0.846. The van der Waals surface area contributed by atoms with Gasteiger partial charge in [-0.15, -0.1) is 0 Å². The van der Waals surface area contributed by atoms with Crippen LogP contribution >= 0.6 is 0 Å². The Morgan fingerprint density at radius 3 is 3.10 bits per heavy atom. The summed E-state index contributed by atoms with van der Waals surface area (Å²) in [5, 5.41) is 0. The Labute approximate surface area is 118 Å². The molecule has 1 aromatic rings. The van der Waals surface area contributed by atoms with E-state index in [2.05, 4.69) is 0 Å². The van der Waals surface area contributed by atoms with Crippen molar-refractivity contribution in [1.82, 2.24) is 4.90 Å². The summed E-state index contributed by atoms with van der Waals surface area (Å²) in [6, 6.07) is 5.81. The molecule has 0 saturated carbocycles. The number of hydrogen-bond donors (Lipinski definition) is 1. The van der Waals surface area contributed by atoms with Crippen molar-refractivity contribution < 1.29 is 14.3 Å². The molecule has 1 saturated heterocycles. The van der Waals surface area contributed by atoms with E-state index in [1.165, 1.54) is 0 Å². The van der Waals surface area contributed by atoms with Crippen molar-refractivity contribution in [3.63, 3.8) is 0 Å². The van der Waals surface area contributed by atoms with Gasteiger partial charge < -0.3 is 20.1 Å². The van der Waals surface area contributed by atoms with E-state index >= 15 is 0 Å². The Morgan fingerprint density at radius 2 is 2.25 bits per heavy atom. The van der Waals surface area contributed by atoms with E-state index in [4.69, 9.17) is 15.2 Å². The molecule has 1 aromatic carbocycles. The maximum atomic E-state index is 12.1. The van der Waals surface area contributed by atoms with Crippen molar-refractivity contribution in [2.45, 2.75) is 18.9 Å². The summed E-state index contributed by atoms with van der Waals surface area (Å²) < 4.78 is 10.6. The van der Waals surface area contributed by atoms with Crippen LogP contribution in [0.5, 0.6) is 11.5 Å². The highest BCUT2D eigenvalue weighted by molar-refractivity contribution is 5.92. The molecule has 20 heavy (non-hydrogen) atoms. The Balaban J connectivity index is 1.69. The van der Waals surface area contributed by atoms with Gasteiger partial charge in [-0.05, 0) is 36.6 Å². The zero-order valence-electron chi connectivity index (χ0n) is 11.2. The van der Waals surface area contributed by atoms with Gasteiger partial charge in [0.2, 0.25) is 12.7 Å². The van der Waals surface area contributed by atoms with E-state index in [0.717, 1.165) is 36.4 Å². The van der Waals surface area contributed by atoms with E-state index in [9.17, 15) is 4.79 Å². The molecule has 5 heteroatoms. The van der Waals surface area contributed by atoms with Gasteiger partial charge >= 0.3 is 0 Å². The van der Waals surface area contributed by atoms with Gasteiger partial charge in [-0.25, -0.2) is 0 Å². The Hall–Kier alpha value is -2.01. The number of amides is 1. The zero-order valence-corrected chi connectivity index (χ0v) is 11.2. The van der Waals surface area contributed by atoms with Gasteiger partial charge in [0, 0.05) is 25.2 Å². The number of hydrogen-bond acceptors (Lipinski definition) is 4. The molecule has 0 aromatic heterocycles. The minimum absolute atomic E-state index is 0.0237. The van der Waals surface area contributed by atoms with Crippen molar-refractivity contribution in [2.24, 2.45) is 5.73 Å². The number of carbonyl (C=O) groups is 1. The molecule has 2 heterocycles. The Morgan fingerprint density at radius 1 is 1.40 bits per heavy atom. The lowest BCUT2D eigenvalue weighted by Crippen LogP contribution is -2.38. The fourth-order valence-corrected chi connectivity index (χ4v) is 2.65. The second-order valence-corrected chi connectivity index (χ2v) is 5.01. The summed E-state index contributed by atoms with van der Waals surface area (Å²) in [5.41, 5.74) is 6.60. The molecule has 2 aliphatic rings. The molecule has 0 bridgehead atoms. The van der Waals surface area contributed by atoms with Crippen LogP contribution in [0.25, 0.3) is 6.08 Å². The number of benzene rings is 1. The summed E-state index contributed by atoms with van der Waals surface area (Å²) >= 11 is 0. The summed E-state index contributed by atoms with van der Waals surface area (Å²) in [6.07, 6.45) is 5.44. The van der Waals surface area contributed by atoms with Crippen LogP contribution in [0.2, 0.25) is 0 Å². The van der Waals surface area contributed by atoms with E-state index in [-0.39, 0.29) is 18.7 Å². The second kappa shape index (κ2) is 5.54. The first-order valence-corrected chi connectivity index (χ1v) is 6.86. The van der Waals surface area contributed by atoms with Crippen molar-refractivity contribution in [2.75, 3.05) is 19.9 Å². The summed E-state index contributed by atoms with van der Waals surface area (Å²) in [6.45, 7) is 1.59. The Bertz CT molecular complexity index is 542. The molecule has 1 unspecified atom stereocenters. The number of nitrogens with two attached hydrogens (primary N) is 1. The van der Waals surface area contributed by atoms with Crippen LogP contribution in [0.15, 0.2) is 24.3 Å². The van der Waals surface area contributed by atoms with Crippen LogP contribution in [0.3, 0.4) is 0 Å². The first-order valence-electron chi connectivity index (χ1n) is 6.86. The molecule has 0 spiro atoms. The number of rotatable bonds is 3. The first kappa shape index (κ1) is 13.0. The fourth-order valence-electron chi connectivity index (χ4n) is 2.65. The molecule has 2 N–H and O–H groups in total. The number of fused-ring (bicyclic) bond motifs is 1. The predicted molar refractivity (Wildman–Crippen MR) is 75.4 cm³/mol. The molecule has 1 atom stereocenters. The minimum atomic E-state index is 0.0237. The summed E-state index contributed by atoms with van der Waals surface area (Å²) in [5.74, 6) is 1.49. The van der Waals surface area contributed by atoms with Crippen molar-refractivity contribution in [1.29, 1.82) is 0 Å². The van der Waals surface area contributed by atoms with Crippen molar-refractivity contribution in [3.8, 4) is 11.5 Å². The SMILES string of the molecule is NCC1CCCN1C(=O)/C=C/c1ccc2c(c1)OCO2. The summed E-state index contributed by atoms with van der Waals surface area (Å²) in [7, 11) is 0. The minimum Gasteiger partial charge on any atom is -0.454 e. The van der Waals surface area contributed by atoms with Crippen LogP contribution in [0.1, 0.15) is 18.4 Å². The lowest BCUT2D eigenvalue weighted by molar-refractivity contribution is -0.126. The van der Waals surface area contributed by atoms with Crippen LogP contribution in [-0.2, 0) is 4.79 Å². The van der Waals surface area contributed by atoms with Gasteiger partial charge in [0.05, 0.1) is 0 Å². The third kappa shape index (κ3) is 2.49. The average Bonchev–Trinajstić information content (AvgIpc) is 3.12. The van der Waals surface area contributed by atoms with Crippen LogP contribution in [-0.4, -0.2) is 36.7 Å². The van der Waals surface area contributed by atoms with Crippen LogP contribution < -0.4 is 15.2 Å². The van der Waals surface area contributed by atoms with E-state index < -0.39 is 0 Å². The van der Waals surface area contributed by atoms with E-state index in [0.29, 0.717) is 6.54 Å². The molecule has 2 aliphatic heterocycles. The molecule has 5 nitrogen and oxygen atoms in total. The molecule has 0 radical (unpaired) electrons. The van der Waals surface area contributed by atoms with Gasteiger partial charge in [0.1, 0.15) is 0 Å². The van der Waals surface area contributed by atoms with Crippen LogP contribution in [0.4, 0.5) is 0 Å². The molecule has 1 amide bonds. The highest BCUT2D eigenvalue weighted by Gasteiger charge is 2.25. The monoisotopic (exact) mass is 274 g/mol. The van der Waals surface area contributed by atoms with Gasteiger partial charge in [-0.2, -0.15) is 0 Å². The van der Waals surface area contributed by atoms with Crippen molar-refractivity contribution >= 4 is 12.0 Å². The van der Waals surface area contributed by atoms with Gasteiger partial charge in [0.25, 0.3) is 0 Å². The first-order chi connectivity index (χ1) is 9.78. The highest BCUT2D eigenvalue weighted by Crippen LogP contribution is 2.32. The largest absolute Gasteiger partial charge is 0.454 e. The van der Waals surface area contributed by atoms with Gasteiger partial charge in [-0.3, -0.25) is 4.79 Å². The zero-order chi connectivity index (χ0) is 13.9. The van der Waals surface area contributed by atoms with Gasteiger partial charge in [-0.1, -0.05) is 6.07 Å². The topological polar surface area (TPSA) is 64.8 Å². The number of ether oxygens (including phenoxy) is 2. The number of nitrogens with zero attached hydrogens (tertiary/aromatic N) is 1. The highest BCUT2D eigenvalue weighted by atomic mass is 16.7. The third-order valence-electron chi connectivity index (χ3n) is 3.75. The van der Waals surface area contributed by atoms with E-state index in [1.54, 1.807) is 12.2 Å². The predicted octanol–water partition coefficient (Wildman–Crippen LogP) is 1.38. The normalized spacial score (nSPS) is 20.9.